The minimum atomic E-state index is -0.681. The molecule has 0 saturated heterocycles. The molecular formula is C28H23N5O5. The van der Waals surface area contributed by atoms with Gasteiger partial charge in [-0.2, -0.15) is 5.10 Å². The van der Waals surface area contributed by atoms with Crippen molar-refractivity contribution >= 4 is 24.1 Å². The molecule has 0 fully saturated rings. The first kappa shape index (κ1) is 24.3. The summed E-state index contributed by atoms with van der Waals surface area (Å²) < 4.78 is 12.1. The second-order valence-corrected chi connectivity index (χ2v) is 8.32. The Morgan fingerprint density at radius 1 is 0.974 bits per heavy atom. The number of amides is 2. The zero-order valence-corrected chi connectivity index (χ0v) is 20.3. The predicted molar refractivity (Wildman–Crippen MR) is 141 cm³/mol. The lowest BCUT2D eigenvalue weighted by Crippen LogP contribution is -2.33. The molecule has 0 aliphatic carbocycles. The van der Waals surface area contributed by atoms with Crippen molar-refractivity contribution in [2.45, 2.75) is 6.92 Å². The third-order valence-corrected chi connectivity index (χ3v) is 5.73. The fourth-order valence-electron chi connectivity index (χ4n) is 3.80. The van der Waals surface area contributed by atoms with Crippen LogP contribution in [-0.2, 0) is 4.79 Å². The normalized spacial score (nSPS) is 12.5. The highest BCUT2D eigenvalue weighted by Crippen LogP contribution is 2.33. The fraction of sp³-hybridized carbons (Fsp3) is 0.0714. The van der Waals surface area contributed by atoms with Crippen LogP contribution in [0.1, 0.15) is 27.2 Å². The van der Waals surface area contributed by atoms with Crippen LogP contribution < -0.4 is 25.8 Å². The molecule has 0 saturated carbocycles. The van der Waals surface area contributed by atoms with E-state index in [1.165, 1.54) is 17.0 Å². The van der Waals surface area contributed by atoms with Crippen LogP contribution in [0.15, 0.2) is 94.5 Å². The van der Waals surface area contributed by atoms with Gasteiger partial charge < -0.3 is 14.8 Å². The molecule has 190 valence electrons. The van der Waals surface area contributed by atoms with E-state index in [4.69, 9.17) is 9.47 Å². The SMILES string of the molecule is Cc1[nH]n(-c2ccccc2)c(=O)c1/C=N/NC(=O)/C(=C\c1ccc2c(c1)OCO2)NC(=O)c1ccccc1. The Balaban J connectivity index is 1.38. The number of aromatic nitrogens is 2. The van der Waals surface area contributed by atoms with Crippen molar-refractivity contribution in [1.82, 2.24) is 20.5 Å². The topological polar surface area (TPSA) is 127 Å². The summed E-state index contributed by atoms with van der Waals surface area (Å²) in [6.45, 7) is 1.84. The number of hydrazone groups is 1. The largest absolute Gasteiger partial charge is 0.454 e. The number of carbonyl (C=O) groups is 2. The summed E-state index contributed by atoms with van der Waals surface area (Å²) in [5, 5.41) is 9.61. The predicted octanol–water partition coefficient (Wildman–Crippen LogP) is 3.12. The molecule has 2 amide bonds. The van der Waals surface area contributed by atoms with Crippen molar-refractivity contribution in [3.8, 4) is 17.2 Å². The molecule has 1 aliphatic heterocycles. The number of hydrogen-bond acceptors (Lipinski definition) is 6. The van der Waals surface area contributed by atoms with Gasteiger partial charge in [-0.1, -0.05) is 42.5 Å². The number of nitrogens with zero attached hydrogens (tertiary/aromatic N) is 2. The maximum Gasteiger partial charge on any atom is 0.287 e. The van der Waals surface area contributed by atoms with Gasteiger partial charge in [0, 0.05) is 11.3 Å². The molecule has 3 N–H and O–H groups in total. The van der Waals surface area contributed by atoms with Gasteiger partial charge in [-0.15, -0.1) is 0 Å². The summed E-state index contributed by atoms with van der Waals surface area (Å²) in [6.07, 6.45) is 2.76. The number of H-pyrrole nitrogens is 1. The lowest BCUT2D eigenvalue weighted by Gasteiger charge is -2.09. The monoisotopic (exact) mass is 509 g/mol. The number of aromatic amines is 1. The molecule has 2 heterocycles. The van der Waals surface area contributed by atoms with Crippen molar-refractivity contribution in [3.05, 3.63) is 117 Å². The molecule has 0 spiro atoms. The average molecular weight is 510 g/mol. The minimum Gasteiger partial charge on any atom is -0.454 e. The molecule has 0 radical (unpaired) electrons. The first-order valence-corrected chi connectivity index (χ1v) is 11.7. The number of fused-ring (bicyclic) bond motifs is 1. The van der Waals surface area contributed by atoms with Gasteiger partial charge >= 0.3 is 0 Å². The van der Waals surface area contributed by atoms with Crippen LogP contribution >= 0.6 is 0 Å². The average Bonchev–Trinajstić information content (AvgIpc) is 3.52. The van der Waals surface area contributed by atoms with Gasteiger partial charge in [-0.25, -0.2) is 10.1 Å². The Morgan fingerprint density at radius 2 is 1.68 bits per heavy atom. The Kier molecular flexibility index (Phi) is 6.85. The maximum absolute atomic E-state index is 13.1. The molecule has 10 nitrogen and oxygen atoms in total. The van der Waals surface area contributed by atoms with Gasteiger partial charge in [0.05, 0.1) is 17.5 Å². The third kappa shape index (κ3) is 5.24. The number of aryl methyl sites for hydroxylation is 1. The molecule has 38 heavy (non-hydrogen) atoms. The molecule has 0 atom stereocenters. The van der Waals surface area contributed by atoms with Gasteiger partial charge in [0.1, 0.15) is 5.70 Å². The van der Waals surface area contributed by atoms with E-state index in [2.05, 4.69) is 20.9 Å². The van der Waals surface area contributed by atoms with Crippen LogP contribution in [0.5, 0.6) is 11.5 Å². The first-order chi connectivity index (χ1) is 18.5. The van der Waals surface area contributed by atoms with E-state index in [-0.39, 0.29) is 23.6 Å². The van der Waals surface area contributed by atoms with Gasteiger partial charge in [0.25, 0.3) is 17.4 Å². The molecular weight excluding hydrogens is 486 g/mol. The highest BCUT2D eigenvalue weighted by molar-refractivity contribution is 6.05. The van der Waals surface area contributed by atoms with Gasteiger partial charge in [-0.3, -0.25) is 19.5 Å². The fourth-order valence-corrected chi connectivity index (χ4v) is 3.80. The standard InChI is InChI=1S/C28H23N5O5/c1-18-22(28(36)33(32-18)21-10-6-3-7-11-21)16-29-31-27(35)23(30-26(34)20-8-4-2-5-9-20)14-19-12-13-24-25(15-19)38-17-37-24/h2-16,32H,17H2,1H3,(H,30,34)(H,31,35)/b23-14+,29-16+. The molecule has 1 aromatic heterocycles. The van der Waals surface area contributed by atoms with Crippen molar-refractivity contribution in [1.29, 1.82) is 0 Å². The summed E-state index contributed by atoms with van der Waals surface area (Å²) in [6, 6.07) is 22.7. The van der Waals surface area contributed by atoms with Crippen LogP contribution in [-0.4, -0.2) is 34.6 Å². The zero-order chi connectivity index (χ0) is 26.5. The van der Waals surface area contributed by atoms with E-state index in [0.717, 1.165) is 0 Å². The van der Waals surface area contributed by atoms with Crippen LogP contribution in [0, 0.1) is 6.92 Å². The van der Waals surface area contributed by atoms with Crippen LogP contribution in [0.25, 0.3) is 11.8 Å². The third-order valence-electron chi connectivity index (χ3n) is 5.73. The minimum absolute atomic E-state index is 0.0534. The van der Waals surface area contributed by atoms with Crippen LogP contribution in [0.4, 0.5) is 0 Å². The number of hydrogen-bond donors (Lipinski definition) is 3. The van der Waals surface area contributed by atoms with E-state index >= 15 is 0 Å². The number of ether oxygens (including phenoxy) is 2. The highest BCUT2D eigenvalue weighted by atomic mass is 16.7. The lowest BCUT2D eigenvalue weighted by atomic mass is 10.1. The number of para-hydroxylation sites is 1. The number of carbonyl (C=O) groups excluding carboxylic acids is 2. The van der Waals surface area contributed by atoms with Crippen LogP contribution in [0.3, 0.4) is 0 Å². The molecule has 4 aromatic rings. The zero-order valence-electron chi connectivity index (χ0n) is 20.3. The van der Waals surface area contributed by atoms with E-state index in [1.807, 2.05) is 18.2 Å². The highest BCUT2D eigenvalue weighted by Gasteiger charge is 2.17. The van der Waals surface area contributed by atoms with Crippen LogP contribution in [0.2, 0.25) is 0 Å². The summed E-state index contributed by atoms with van der Waals surface area (Å²) >= 11 is 0. The summed E-state index contributed by atoms with van der Waals surface area (Å²) in [5.41, 5.74) is 4.53. The van der Waals surface area contributed by atoms with Gasteiger partial charge in [-0.05, 0) is 55.0 Å². The van der Waals surface area contributed by atoms with Crippen molar-refractivity contribution < 1.29 is 19.1 Å². The van der Waals surface area contributed by atoms with E-state index < -0.39 is 11.8 Å². The second kappa shape index (κ2) is 10.7. The van der Waals surface area contributed by atoms with E-state index in [0.29, 0.717) is 34.0 Å². The Bertz CT molecular complexity index is 1600. The number of benzene rings is 3. The molecule has 5 rings (SSSR count). The second-order valence-electron chi connectivity index (χ2n) is 8.32. The molecule has 10 heteroatoms. The molecule has 3 aromatic carbocycles. The van der Waals surface area contributed by atoms with Crippen molar-refractivity contribution in [2.75, 3.05) is 6.79 Å². The quantitative estimate of drug-likeness (QED) is 0.200. The summed E-state index contributed by atoms with van der Waals surface area (Å²) in [5.74, 6) is -0.0265. The Labute approximate surface area is 217 Å². The molecule has 0 unspecified atom stereocenters. The maximum atomic E-state index is 13.1. The number of rotatable bonds is 7. The van der Waals surface area contributed by atoms with E-state index in [9.17, 15) is 14.4 Å². The van der Waals surface area contributed by atoms with Gasteiger partial charge in [0.15, 0.2) is 11.5 Å². The van der Waals surface area contributed by atoms with E-state index in [1.54, 1.807) is 67.6 Å². The molecule has 0 bridgehead atoms. The lowest BCUT2D eigenvalue weighted by molar-refractivity contribution is -0.117. The smallest absolute Gasteiger partial charge is 0.287 e. The van der Waals surface area contributed by atoms with Crippen molar-refractivity contribution in [3.63, 3.8) is 0 Å². The molecule has 1 aliphatic rings. The van der Waals surface area contributed by atoms with Crippen molar-refractivity contribution in [2.24, 2.45) is 5.10 Å². The Hall–Kier alpha value is -5.38. The summed E-state index contributed by atoms with van der Waals surface area (Å²) in [7, 11) is 0. The Morgan fingerprint density at radius 3 is 2.45 bits per heavy atom. The van der Waals surface area contributed by atoms with Gasteiger partial charge in [0.2, 0.25) is 6.79 Å². The first-order valence-electron chi connectivity index (χ1n) is 11.7. The summed E-state index contributed by atoms with van der Waals surface area (Å²) in [4.78, 5) is 38.7. The number of nitrogens with one attached hydrogen (secondary N) is 3.